The van der Waals surface area contributed by atoms with Gasteiger partial charge in [0.05, 0.1) is 12.5 Å². The summed E-state index contributed by atoms with van der Waals surface area (Å²) in [5.41, 5.74) is 1.39. The van der Waals surface area contributed by atoms with Gasteiger partial charge >= 0.3 is 0 Å². The van der Waals surface area contributed by atoms with Crippen molar-refractivity contribution in [3.05, 3.63) is 35.9 Å². The molecule has 0 saturated carbocycles. The van der Waals surface area contributed by atoms with Gasteiger partial charge in [0.1, 0.15) is 0 Å². The Morgan fingerprint density at radius 2 is 1.77 bits per heavy atom. The van der Waals surface area contributed by atoms with Gasteiger partial charge in [-0.1, -0.05) is 30.3 Å². The molecule has 4 nitrogen and oxygen atoms in total. The second kappa shape index (κ2) is 6.61. The standard InChI is InChI=1S/C18H24N2O2/c1-2-20-17(21)13-16(18(20)22)19-10-8-15(9-11-19)12-14-6-4-3-5-7-14/h3-7,15-16H,2,8-13H2,1H3/t16-/m1/s1. The number of carbonyl (C=O) groups is 2. The molecule has 1 aromatic carbocycles. The summed E-state index contributed by atoms with van der Waals surface area (Å²) in [4.78, 5) is 27.8. The Bertz CT molecular complexity index is 535. The average Bonchev–Trinajstić information content (AvgIpc) is 2.83. The molecule has 3 rings (SSSR count). The van der Waals surface area contributed by atoms with Gasteiger partial charge in [-0.3, -0.25) is 19.4 Å². The zero-order valence-electron chi connectivity index (χ0n) is 13.2. The normalized spacial score (nSPS) is 24.2. The van der Waals surface area contributed by atoms with Crippen molar-refractivity contribution in [2.75, 3.05) is 19.6 Å². The fourth-order valence-corrected chi connectivity index (χ4v) is 3.70. The van der Waals surface area contributed by atoms with E-state index in [1.807, 2.05) is 13.0 Å². The summed E-state index contributed by atoms with van der Waals surface area (Å²) < 4.78 is 0. The summed E-state index contributed by atoms with van der Waals surface area (Å²) in [5.74, 6) is 0.686. The number of hydrogen-bond acceptors (Lipinski definition) is 3. The van der Waals surface area contributed by atoms with Crippen molar-refractivity contribution >= 4 is 11.8 Å². The van der Waals surface area contributed by atoms with E-state index in [0.29, 0.717) is 18.9 Å². The number of likely N-dealkylation sites (N-methyl/N-ethyl adjacent to an activating group) is 1. The fraction of sp³-hybridized carbons (Fsp3) is 0.556. The molecule has 0 aromatic heterocycles. The van der Waals surface area contributed by atoms with E-state index in [9.17, 15) is 9.59 Å². The highest BCUT2D eigenvalue weighted by Crippen LogP contribution is 2.26. The predicted molar refractivity (Wildman–Crippen MR) is 85.2 cm³/mol. The van der Waals surface area contributed by atoms with E-state index in [0.717, 1.165) is 32.4 Å². The summed E-state index contributed by atoms with van der Waals surface area (Å²) in [5, 5.41) is 0. The first kappa shape index (κ1) is 15.2. The fourth-order valence-electron chi connectivity index (χ4n) is 3.70. The predicted octanol–water partition coefficient (Wildman–Crippen LogP) is 2.09. The maximum absolute atomic E-state index is 12.3. The Morgan fingerprint density at radius 3 is 2.36 bits per heavy atom. The minimum absolute atomic E-state index is 0.00834. The van der Waals surface area contributed by atoms with Crippen molar-refractivity contribution < 1.29 is 9.59 Å². The first-order valence-corrected chi connectivity index (χ1v) is 8.31. The van der Waals surface area contributed by atoms with E-state index in [1.165, 1.54) is 10.5 Å². The number of rotatable bonds is 4. The molecule has 2 amide bonds. The lowest BCUT2D eigenvalue weighted by molar-refractivity contribution is -0.139. The first-order chi connectivity index (χ1) is 10.7. The van der Waals surface area contributed by atoms with Crippen LogP contribution in [0.5, 0.6) is 0 Å². The van der Waals surface area contributed by atoms with Crippen molar-refractivity contribution in [1.29, 1.82) is 0 Å². The van der Waals surface area contributed by atoms with E-state index in [4.69, 9.17) is 0 Å². The Balaban J connectivity index is 1.54. The molecule has 0 aliphatic carbocycles. The van der Waals surface area contributed by atoms with Crippen molar-refractivity contribution in [1.82, 2.24) is 9.80 Å². The first-order valence-electron chi connectivity index (χ1n) is 8.31. The van der Waals surface area contributed by atoms with Crippen LogP contribution in [0, 0.1) is 5.92 Å². The van der Waals surface area contributed by atoms with E-state index < -0.39 is 0 Å². The van der Waals surface area contributed by atoms with Crippen molar-refractivity contribution in [2.45, 2.75) is 38.6 Å². The molecule has 0 radical (unpaired) electrons. The highest BCUT2D eigenvalue weighted by molar-refractivity contribution is 6.05. The van der Waals surface area contributed by atoms with Crippen LogP contribution >= 0.6 is 0 Å². The number of carbonyl (C=O) groups excluding carboxylic acids is 2. The Hall–Kier alpha value is -1.68. The van der Waals surface area contributed by atoms with Gasteiger partial charge in [-0.2, -0.15) is 0 Å². The summed E-state index contributed by atoms with van der Waals surface area (Å²) in [6.07, 6.45) is 3.71. The Labute approximate surface area is 132 Å². The van der Waals surface area contributed by atoms with Crippen LogP contribution in [-0.4, -0.2) is 47.3 Å². The summed E-state index contributed by atoms with van der Waals surface area (Å²) in [6, 6.07) is 10.4. The molecule has 2 aliphatic rings. The summed E-state index contributed by atoms with van der Waals surface area (Å²) in [7, 11) is 0. The smallest absolute Gasteiger partial charge is 0.247 e. The average molecular weight is 300 g/mol. The summed E-state index contributed by atoms with van der Waals surface area (Å²) >= 11 is 0. The molecule has 0 N–H and O–H groups in total. The Morgan fingerprint density at radius 1 is 1.09 bits per heavy atom. The van der Waals surface area contributed by atoms with Crippen LogP contribution in [-0.2, 0) is 16.0 Å². The van der Waals surface area contributed by atoms with Gasteiger partial charge in [-0.15, -0.1) is 0 Å². The summed E-state index contributed by atoms with van der Waals surface area (Å²) in [6.45, 7) is 4.22. The van der Waals surface area contributed by atoms with Crippen LogP contribution < -0.4 is 0 Å². The molecule has 2 aliphatic heterocycles. The van der Waals surface area contributed by atoms with E-state index in [2.05, 4.69) is 29.2 Å². The highest BCUT2D eigenvalue weighted by Gasteiger charge is 2.41. The maximum Gasteiger partial charge on any atom is 0.247 e. The van der Waals surface area contributed by atoms with Gasteiger partial charge in [-0.05, 0) is 50.8 Å². The molecule has 2 fully saturated rings. The Kier molecular flexibility index (Phi) is 4.57. The van der Waals surface area contributed by atoms with Crippen LogP contribution in [0.15, 0.2) is 30.3 Å². The van der Waals surface area contributed by atoms with Gasteiger partial charge in [-0.25, -0.2) is 0 Å². The monoisotopic (exact) mass is 300 g/mol. The van der Waals surface area contributed by atoms with Crippen LogP contribution in [0.3, 0.4) is 0 Å². The topological polar surface area (TPSA) is 40.6 Å². The third-order valence-corrected chi connectivity index (χ3v) is 4.99. The lowest BCUT2D eigenvalue weighted by Crippen LogP contribution is -2.46. The lowest BCUT2D eigenvalue weighted by Gasteiger charge is -2.34. The number of nitrogens with zero attached hydrogens (tertiary/aromatic N) is 2. The van der Waals surface area contributed by atoms with Crippen LogP contribution in [0.2, 0.25) is 0 Å². The zero-order valence-corrected chi connectivity index (χ0v) is 13.2. The largest absolute Gasteiger partial charge is 0.292 e. The molecule has 118 valence electrons. The molecular weight excluding hydrogens is 276 g/mol. The quantitative estimate of drug-likeness (QED) is 0.800. The number of likely N-dealkylation sites (tertiary alicyclic amines) is 2. The van der Waals surface area contributed by atoms with Crippen LogP contribution in [0.4, 0.5) is 0 Å². The number of amides is 2. The minimum atomic E-state index is -0.204. The van der Waals surface area contributed by atoms with Crippen molar-refractivity contribution in [3.8, 4) is 0 Å². The van der Waals surface area contributed by atoms with Crippen molar-refractivity contribution in [3.63, 3.8) is 0 Å². The second-order valence-electron chi connectivity index (χ2n) is 6.37. The van der Waals surface area contributed by atoms with E-state index in [-0.39, 0.29) is 17.9 Å². The van der Waals surface area contributed by atoms with Gasteiger partial charge in [0.15, 0.2) is 0 Å². The lowest BCUT2D eigenvalue weighted by atomic mass is 9.89. The van der Waals surface area contributed by atoms with Crippen LogP contribution in [0.25, 0.3) is 0 Å². The van der Waals surface area contributed by atoms with E-state index in [1.54, 1.807) is 0 Å². The molecule has 0 spiro atoms. The van der Waals surface area contributed by atoms with E-state index >= 15 is 0 Å². The molecule has 1 aromatic rings. The molecule has 2 saturated heterocycles. The molecule has 0 unspecified atom stereocenters. The minimum Gasteiger partial charge on any atom is -0.292 e. The molecule has 22 heavy (non-hydrogen) atoms. The molecule has 4 heteroatoms. The van der Waals surface area contributed by atoms with Crippen LogP contribution in [0.1, 0.15) is 31.7 Å². The third-order valence-electron chi connectivity index (χ3n) is 4.99. The molecule has 2 heterocycles. The van der Waals surface area contributed by atoms with Crippen molar-refractivity contribution in [2.24, 2.45) is 5.92 Å². The zero-order chi connectivity index (χ0) is 15.5. The third kappa shape index (κ3) is 3.07. The number of hydrogen-bond donors (Lipinski definition) is 0. The number of benzene rings is 1. The van der Waals surface area contributed by atoms with Gasteiger partial charge in [0.2, 0.25) is 11.8 Å². The molecule has 0 bridgehead atoms. The molecule has 1 atom stereocenters. The SMILES string of the molecule is CCN1C(=O)C[C@@H](N2CCC(Cc3ccccc3)CC2)C1=O. The van der Waals surface area contributed by atoms with Gasteiger partial charge in [0.25, 0.3) is 0 Å². The number of piperidine rings is 1. The second-order valence-corrected chi connectivity index (χ2v) is 6.37. The van der Waals surface area contributed by atoms with Gasteiger partial charge in [0, 0.05) is 6.54 Å². The maximum atomic E-state index is 12.3. The molecular formula is C18H24N2O2. The number of imide groups is 1. The highest BCUT2D eigenvalue weighted by atomic mass is 16.2. The van der Waals surface area contributed by atoms with Gasteiger partial charge < -0.3 is 0 Å².